The fourth-order valence-electron chi connectivity index (χ4n) is 3.41. The van der Waals surface area contributed by atoms with Crippen molar-refractivity contribution in [3.8, 4) is 0 Å². The minimum atomic E-state index is -0.788. The summed E-state index contributed by atoms with van der Waals surface area (Å²) in [4.78, 5) is 24.3. The van der Waals surface area contributed by atoms with Gasteiger partial charge in [0.25, 0.3) is 0 Å². The average Bonchev–Trinajstić information content (AvgIpc) is 3.09. The van der Waals surface area contributed by atoms with Crippen molar-refractivity contribution in [2.75, 3.05) is 6.61 Å². The summed E-state index contributed by atoms with van der Waals surface area (Å²) in [5.41, 5.74) is 0.316. The molecule has 5 nitrogen and oxygen atoms in total. The molecule has 0 bridgehead atoms. The molecule has 1 aromatic rings. The normalized spacial score (nSPS) is 32.4. The van der Waals surface area contributed by atoms with Crippen molar-refractivity contribution in [2.24, 2.45) is 17.3 Å². The molecule has 1 aliphatic heterocycles. The zero-order valence-electron chi connectivity index (χ0n) is 12.7. The SMILES string of the molecule is CC1(C)[C@@H]2C(=O)O[C@H](CO)[C@H](OC(=O)c3ccccc3)C[C@@H]21. The molecule has 5 heteroatoms. The van der Waals surface area contributed by atoms with Crippen LogP contribution in [-0.2, 0) is 14.3 Å². The molecule has 0 unspecified atom stereocenters. The minimum absolute atomic E-state index is 0.130. The van der Waals surface area contributed by atoms with E-state index in [1.54, 1.807) is 24.3 Å². The lowest BCUT2D eigenvalue weighted by Gasteiger charge is -2.25. The summed E-state index contributed by atoms with van der Waals surface area (Å²) in [6.45, 7) is 3.68. The second kappa shape index (κ2) is 5.39. The van der Waals surface area contributed by atoms with Crippen molar-refractivity contribution < 1.29 is 24.2 Å². The van der Waals surface area contributed by atoms with E-state index in [1.807, 2.05) is 19.9 Å². The third kappa shape index (κ3) is 2.50. The van der Waals surface area contributed by atoms with Gasteiger partial charge in [-0.05, 0) is 29.9 Å². The Balaban J connectivity index is 1.76. The third-order valence-corrected chi connectivity index (χ3v) is 4.92. The van der Waals surface area contributed by atoms with Crippen molar-refractivity contribution in [1.82, 2.24) is 0 Å². The number of aliphatic hydroxyl groups excluding tert-OH is 1. The summed E-state index contributed by atoms with van der Waals surface area (Å²) in [5, 5.41) is 9.45. The number of carbonyl (C=O) groups excluding carboxylic acids is 2. The number of ether oxygens (including phenoxy) is 2. The van der Waals surface area contributed by atoms with Gasteiger partial charge in [0.2, 0.25) is 0 Å². The highest BCUT2D eigenvalue weighted by Crippen LogP contribution is 2.62. The predicted molar refractivity (Wildman–Crippen MR) is 78.0 cm³/mol. The highest BCUT2D eigenvalue weighted by atomic mass is 16.6. The molecular formula is C17H20O5. The zero-order chi connectivity index (χ0) is 15.9. The lowest BCUT2D eigenvalue weighted by atomic mass is 10.0. The molecule has 4 atom stereocenters. The molecule has 0 spiro atoms. The number of esters is 2. The molecule has 0 aromatic heterocycles. The monoisotopic (exact) mass is 304 g/mol. The Morgan fingerprint density at radius 3 is 2.68 bits per heavy atom. The van der Waals surface area contributed by atoms with Gasteiger partial charge in [0.15, 0.2) is 6.10 Å². The molecule has 1 aromatic carbocycles. The van der Waals surface area contributed by atoms with Crippen molar-refractivity contribution in [3.63, 3.8) is 0 Å². The maximum absolute atomic E-state index is 12.2. The van der Waals surface area contributed by atoms with Crippen LogP contribution < -0.4 is 0 Å². The van der Waals surface area contributed by atoms with E-state index in [2.05, 4.69) is 0 Å². The fraction of sp³-hybridized carbons (Fsp3) is 0.529. The van der Waals surface area contributed by atoms with Gasteiger partial charge in [-0.3, -0.25) is 4.79 Å². The summed E-state index contributed by atoms with van der Waals surface area (Å²) >= 11 is 0. The summed E-state index contributed by atoms with van der Waals surface area (Å²) < 4.78 is 10.9. The van der Waals surface area contributed by atoms with Crippen molar-refractivity contribution in [2.45, 2.75) is 32.5 Å². The number of benzene rings is 1. The van der Waals surface area contributed by atoms with Gasteiger partial charge in [0.1, 0.15) is 6.10 Å². The molecule has 0 amide bonds. The fourth-order valence-corrected chi connectivity index (χ4v) is 3.41. The number of hydrogen-bond donors (Lipinski definition) is 1. The van der Waals surface area contributed by atoms with Crippen LogP contribution in [0.2, 0.25) is 0 Å². The predicted octanol–water partition coefficient (Wildman–Crippen LogP) is 1.79. The van der Waals surface area contributed by atoms with Crippen molar-refractivity contribution >= 4 is 11.9 Å². The molecule has 2 aliphatic rings. The van der Waals surface area contributed by atoms with E-state index in [1.165, 1.54) is 0 Å². The first-order valence-electron chi connectivity index (χ1n) is 7.52. The second-order valence-corrected chi connectivity index (χ2v) is 6.61. The molecule has 1 aliphatic carbocycles. The molecule has 0 radical (unpaired) electrons. The van der Waals surface area contributed by atoms with Crippen LogP contribution in [0.25, 0.3) is 0 Å². The van der Waals surface area contributed by atoms with Gasteiger partial charge in [0.05, 0.1) is 18.1 Å². The lowest BCUT2D eigenvalue weighted by Crippen LogP contribution is -2.37. The Labute approximate surface area is 129 Å². The summed E-state index contributed by atoms with van der Waals surface area (Å²) in [6.07, 6.45) is -0.866. The molecule has 22 heavy (non-hydrogen) atoms. The molecule has 1 N–H and O–H groups in total. The number of fused-ring (bicyclic) bond motifs is 1. The van der Waals surface area contributed by atoms with Crippen LogP contribution in [0.15, 0.2) is 30.3 Å². The summed E-state index contributed by atoms with van der Waals surface area (Å²) in [5.74, 6) is -0.795. The first-order chi connectivity index (χ1) is 10.4. The van der Waals surface area contributed by atoms with Crippen LogP contribution in [0, 0.1) is 17.3 Å². The largest absolute Gasteiger partial charge is 0.456 e. The Bertz CT molecular complexity index is 580. The maximum atomic E-state index is 12.2. The third-order valence-electron chi connectivity index (χ3n) is 4.92. The Morgan fingerprint density at radius 1 is 1.36 bits per heavy atom. The molecule has 2 fully saturated rings. The van der Waals surface area contributed by atoms with Crippen LogP contribution in [0.3, 0.4) is 0 Å². The first kappa shape index (κ1) is 15.0. The highest BCUT2D eigenvalue weighted by molar-refractivity contribution is 5.89. The molecule has 1 saturated carbocycles. The van der Waals surface area contributed by atoms with Crippen LogP contribution >= 0.6 is 0 Å². The van der Waals surface area contributed by atoms with Gasteiger partial charge in [-0.25, -0.2) is 4.79 Å². The Hall–Kier alpha value is -1.88. The molecule has 118 valence electrons. The second-order valence-electron chi connectivity index (χ2n) is 6.61. The highest BCUT2D eigenvalue weighted by Gasteiger charge is 2.65. The van der Waals surface area contributed by atoms with Gasteiger partial charge >= 0.3 is 11.9 Å². The van der Waals surface area contributed by atoms with Gasteiger partial charge in [0, 0.05) is 0 Å². The van der Waals surface area contributed by atoms with E-state index in [-0.39, 0.29) is 29.8 Å². The van der Waals surface area contributed by atoms with E-state index in [0.717, 1.165) is 0 Å². The van der Waals surface area contributed by atoms with Gasteiger partial charge < -0.3 is 14.6 Å². The molecule has 1 heterocycles. The number of carbonyl (C=O) groups is 2. The van der Waals surface area contributed by atoms with Gasteiger partial charge in [-0.2, -0.15) is 0 Å². The van der Waals surface area contributed by atoms with E-state index in [4.69, 9.17) is 9.47 Å². The standard InChI is InChI=1S/C17H20O5/c1-17(2)11-8-12(13(9-18)22-16(20)14(11)17)21-15(19)10-6-4-3-5-7-10/h3-7,11-14,18H,8-9H2,1-2H3/t11-,12+,13+,14-/m0/s1. The first-order valence-corrected chi connectivity index (χ1v) is 7.52. The van der Waals surface area contributed by atoms with Crippen LogP contribution in [0.5, 0.6) is 0 Å². The van der Waals surface area contributed by atoms with Crippen molar-refractivity contribution in [1.29, 1.82) is 0 Å². The number of cyclic esters (lactones) is 1. The molecule has 1 saturated heterocycles. The van der Waals surface area contributed by atoms with Crippen LogP contribution in [-0.4, -0.2) is 35.9 Å². The summed E-state index contributed by atoms with van der Waals surface area (Å²) in [6, 6.07) is 8.67. The van der Waals surface area contributed by atoms with Crippen molar-refractivity contribution in [3.05, 3.63) is 35.9 Å². The minimum Gasteiger partial charge on any atom is -0.456 e. The van der Waals surface area contributed by atoms with Gasteiger partial charge in [-0.15, -0.1) is 0 Å². The van der Waals surface area contributed by atoms with E-state index in [9.17, 15) is 14.7 Å². The molecule has 3 rings (SSSR count). The zero-order valence-corrected chi connectivity index (χ0v) is 12.7. The average molecular weight is 304 g/mol. The maximum Gasteiger partial charge on any atom is 0.338 e. The molecular weight excluding hydrogens is 284 g/mol. The van der Waals surface area contributed by atoms with Crippen LogP contribution in [0.1, 0.15) is 30.6 Å². The van der Waals surface area contributed by atoms with E-state index >= 15 is 0 Å². The Morgan fingerprint density at radius 2 is 2.05 bits per heavy atom. The smallest absolute Gasteiger partial charge is 0.338 e. The van der Waals surface area contributed by atoms with E-state index in [0.29, 0.717) is 12.0 Å². The quantitative estimate of drug-likeness (QED) is 0.862. The Kier molecular flexibility index (Phi) is 3.68. The number of aliphatic hydroxyl groups is 1. The van der Waals surface area contributed by atoms with Crippen LogP contribution in [0.4, 0.5) is 0 Å². The number of rotatable bonds is 3. The topological polar surface area (TPSA) is 72.8 Å². The number of hydrogen-bond acceptors (Lipinski definition) is 5. The van der Waals surface area contributed by atoms with E-state index < -0.39 is 18.2 Å². The van der Waals surface area contributed by atoms with Gasteiger partial charge in [-0.1, -0.05) is 32.0 Å². The lowest BCUT2D eigenvalue weighted by molar-refractivity contribution is -0.159. The summed E-state index contributed by atoms with van der Waals surface area (Å²) in [7, 11) is 0.